The van der Waals surface area contributed by atoms with Crippen molar-refractivity contribution in [3.8, 4) is 0 Å². The van der Waals surface area contributed by atoms with E-state index < -0.39 is 6.30 Å². The molecule has 0 aliphatic heterocycles. The Balaban J connectivity index is 2.81. The molecule has 0 spiro atoms. The fourth-order valence-corrected chi connectivity index (χ4v) is 0.810. The summed E-state index contributed by atoms with van der Waals surface area (Å²) in [6.45, 7) is 0. The molecule has 0 saturated heterocycles. The molecular formula is C6H7F3N4. The van der Waals surface area contributed by atoms with Gasteiger partial charge >= 0.3 is 6.30 Å². The number of aromatic nitrogens is 2. The fourth-order valence-electron chi connectivity index (χ4n) is 0.810. The Labute approximate surface area is 71.7 Å². The molecule has 0 saturated carbocycles. The van der Waals surface area contributed by atoms with E-state index in [9.17, 15) is 13.2 Å². The van der Waals surface area contributed by atoms with Gasteiger partial charge in [-0.3, -0.25) is 5.41 Å². The average Bonchev–Trinajstić information content (AvgIpc) is 2.32. The summed E-state index contributed by atoms with van der Waals surface area (Å²) in [4.78, 5) is 0. The first-order chi connectivity index (χ1) is 5.89. The highest BCUT2D eigenvalue weighted by molar-refractivity contribution is 5.79. The van der Waals surface area contributed by atoms with Crippen LogP contribution < -0.4 is 5.73 Å². The summed E-state index contributed by atoms with van der Waals surface area (Å²) in [6, 6.07) is 0. The van der Waals surface area contributed by atoms with Crippen LogP contribution in [0.5, 0.6) is 0 Å². The fraction of sp³-hybridized carbons (Fsp3) is 0.333. The summed E-state index contributed by atoms with van der Waals surface area (Å²) in [5, 5.41) is 9.94. The SMILES string of the molecule is N=C(N)Cc1cnn(C(F)(F)F)c1. The number of nitrogens with zero attached hydrogens (tertiary/aromatic N) is 2. The minimum absolute atomic E-state index is 0.0178. The third-order valence-corrected chi connectivity index (χ3v) is 1.29. The van der Waals surface area contributed by atoms with E-state index in [4.69, 9.17) is 11.1 Å². The maximum absolute atomic E-state index is 12.0. The predicted molar refractivity (Wildman–Crippen MR) is 39.1 cm³/mol. The Morgan fingerprint density at radius 1 is 1.62 bits per heavy atom. The van der Waals surface area contributed by atoms with Crippen LogP contribution in [0.4, 0.5) is 13.2 Å². The number of hydrogen-bond acceptors (Lipinski definition) is 2. The van der Waals surface area contributed by atoms with Crippen LogP contribution in [0.2, 0.25) is 0 Å². The lowest BCUT2D eigenvalue weighted by Crippen LogP contribution is -2.17. The third kappa shape index (κ3) is 2.46. The Bertz CT molecular complexity index is 314. The van der Waals surface area contributed by atoms with Gasteiger partial charge in [-0.2, -0.15) is 9.78 Å². The van der Waals surface area contributed by atoms with Gasteiger partial charge in [-0.25, -0.2) is 0 Å². The molecule has 4 nitrogen and oxygen atoms in total. The van der Waals surface area contributed by atoms with Crippen LogP contribution in [0.25, 0.3) is 0 Å². The summed E-state index contributed by atoms with van der Waals surface area (Å²) in [5.41, 5.74) is 5.28. The number of alkyl halides is 3. The van der Waals surface area contributed by atoms with Crippen molar-refractivity contribution in [3.05, 3.63) is 18.0 Å². The number of nitrogens with two attached hydrogens (primary N) is 1. The van der Waals surface area contributed by atoms with E-state index >= 15 is 0 Å². The summed E-state index contributed by atoms with van der Waals surface area (Å²) in [6.07, 6.45) is -2.68. The summed E-state index contributed by atoms with van der Waals surface area (Å²) in [5.74, 6) is -0.193. The van der Waals surface area contributed by atoms with E-state index in [1.165, 1.54) is 0 Å². The van der Waals surface area contributed by atoms with Gasteiger partial charge in [0.05, 0.1) is 12.0 Å². The van der Waals surface area contributed by atoms with Gasteiger partial charge in [0.15, 0.2) is 0 Å². The third-order valence-electron chi connectivity index (χ3n) is 1.29. The lowest BCUT2D eigenvalue weighted by atomic mass is 10.2. The molecule has 0 radical (unpaired) electrons. The Morgan fingerprint density at radius 2 is 2.23 bits per heavy atom. The normalized spacial score (nSPS) is 11.6. The highest BCUT2D eigenvalue weighted by atomic mass is 19.4. The molecule has 3 N–H and O–H groups in total. The van der Waals surface area contributed by atoms with Crippen molar-refractivity contribution in [1.29, 1.82) is 5.41 Å². The highest BCUT2D eigenvalue weighted by Gasteiger charge is 2.31. The first-order valence-electron chi connectivity index (χ1n) is 3.33. The second kappa shape index (κ2) is 3.08. The summed E-state index contributed by atoms with van der Waals surface area (Å²) < 4.78 is 35.7. The molecular weight excluding hydrogens is 185 g/mol. The molecule has 72 valence electrons. The van der Waals surface area contributed by atoms with Crippen molar-refractivity contribution in [3.63, 3.8) is 0 Å². The first-order valence-corrected chi connectivity index (χ1v) is 3.33. The molecule has 0 atom stereocenters. The van der Waals surface area contributed by atoms with Crippen LogP contribution >= 0.6 is 0 Å². The summed E-state index contributed by atoms with van der Waals surface area (Å²) >= 11 is 0. The Morgan fingerprint density at radius 3 is 2.62 bits per heavy atom. The van der Waals surface area contributed by atoms with Crippen molar-refractivity contribution >= 4 is 5.84 Å². The van der Waals surface area contributed by atoms with E-state index in [1.807, 2.05) is 0 Å². The maximum atomic E-state index is 12.0. The van der Waals surface area contributed by atoms with Crippen LogP contribution in [0.1, 0.15) is 5.56 Å². The number of amidine groups is 1. The van der Waals surface area contributed by atoms with Crippen molar-refractivity contribution in [2.45, 2.75) is 12.7 Å². The molecule has 0 aliphatic rings. The van der Waals surface area contributed by atoms with Crippen molar-refractivity contribution in [2.75, 3.05) is 0 Å². The zero-order valence-corrected chi connectivity index (χ0v) is 6.47. The Kier molecular flexibility index (Phi) is 2.26. The van der Waals surface area contributed by atoms with Gasteiger partial charge in [0.2, 0.25) is 0 Å². The van der Waals surface area contributed by atoms with E-state index in [0.29, 0.717) is 0 Å². The number of nitrogens with one attached hydrogen (secondary N) is 1. The molecule has 0 fully saturated rings. The second-order valence-corrected chi connectivity index (χ2v) is 2.46. The van der Waals surface area contributed by atoms with Crippen molar-refractivity contribution < 1.29 is 13.2 Å². The maximum Gasteiger partial charge on any atom is 0.504 e. The van der Waals surface area contributed by atoms with Gasteiger partial charge in [-0.1, -0.05) is 0 Å². The smallest absolute Gasteiger partial charge is 0.387 e. The van der Waals surface area contributed by atoms with Gasteiger partial charge in [0.25, 0.3) is 0 Å². The standard InChI is InChI=1S/C6H7F3N4/c7-6(8,9)13-3-4(2-12-13)1-5(10)11/h2-3H,1H2,(H3,10,11). The monoisotopic (exact) mass is 192 g/mol. The summed E-state index contributed by atoms with van der Waals surface area (Å²) in [7, 11) is 0. The second-order valence-electron chi connectivity index (χ2n) is 2.46. The van der Waals surface area contributed by atoms with Gasteiger partial charge in [0.1, 0.15) is 0 Å². The molecule has 1 aromatic heterocycles. The molecule has 13 heavy (non-hydrogen) atoms. The predicted octanol–water partition coefficient (Wildman–Crippen LogP) is 0.838. The van der Waals surface area contributed by atoms with E-state index in [2.05, 4.69) is 5.10 Å². The average molecular weight is 192 g/mol. The van der Waals surface area contributed by atoms with Crippen molar-refractivity contribution in [2.24, 2.45) is 5.73 Å². The number of halogens is 3. The van der Waals surface area contributed by atoms with Crippen LogP contribution in [-0.4, -0.2) is 15.6 Å². The van der Waals surface area contributed by atoms with Crippen LogP contribution in [0.15, 0.2) is 12.4 Å². The largest absolute Gasteiger partial charge is 0.504 e. The van der Waals surface area contributed by atoms with Crippen molar-refractivity contribution in [1.82, 2.24) is 9.78 Å². The molecule has 0 aliphatic carbocycles. The molecule has 0 bridgehead atoms. The molecule has 1 aromatic rings. The molecule has 1 rings (SSSR count). The highest BCUT2D eigenvalue weighted by Crippen LogP contribution is 2.21. The van der Waals surface area contributed by atoms with Gasteiger partial charge in [0, 0.05) is 12.6 Å². The number of rotatable bonds is 2. The molecule has 0 amide bonds. The van der Waals surface area contributed by atoms with Gasteiger partial charge < -0.3 is 5.73 Å². The van der Waals surface area contributed by atoms with Gasteiger partial charge in [-0.05, 0) is 5.56 Å². The minimum atomic E-state index is -4.50. The van der Waals surface area contributed by atoms with E-state index in [1.54, 1.807) is 0 Å². The van der Waals surface area contributed by atoms with Crippen LogP contribution in [-0.2, 0) is 12.7 Å². The molecule has 0 unspecified atom stereocenters. The molecule has 0 aromatic carbocycles. The Hall–Kier alpha value is -1.53. The quantitative estimate of drug-likeness (QED) is 0.538. The van der Waals surface area contributed by atoms with E-state index in [-0.39, 0.29) is 22.5 Å². The zero-order chi connectivity index (χ0) is 10.1. The first kappa shape index (κ1) is 9.56. The molecule has 1 heterocycles. The van der Waals surface area contributed by atoms with E-state index in [0.717, 1.165) is 12.4 Å². The topological polar surface area (TPSA) is 67.7 Å². The molecule has 7 heteroatoms. The number of hydrogen-bond donors (Lipinski definition) is 2. The lowest BCUT2D eigenvalue weighted by Gasteiger charge is -2.03. The van der Waals surface area contributed by atoms with Gasteiger partial charge in [-0.15, -0.1) is 13.2 Å². The zero-order valence-electron chi connectivity index (χ0n) is 6.47. The van der Waals surface area contributed by atoms with Crippen LogP contribution in [0.3, 0.4) is 0 Å². The minimum Gasteiger partial charge on any atom is -0.387 e. The van der Waals surface area contributed by atoms with Crippen LogP contribution in [0, 0.1) is 5.41 Å². The lowest BCUT2D eigenvalue weighted by molar-refractivity contribution is -0.212.